The second-order valence-electron chi connectivity index (χ2n) is 9.48. The molecule has 6 heteroatoms. The molecule has 174 valence electrons. The number of aromatic nitrogens is 3. The molecule has 4 heterocycles. The second-order valence-corrected chi connectivity index (χ2v) is 9.48. The second kappa shape index (κ2) is 8.35. The molecule has 1 saturated heterocycles. The van der Waals surface area contributed by atoms with Gasteiger partial charge >= 0.3 is 0 Å². The van der Waals surface area contributed by atoms with Gasteiger partial charge in [-0.1, -0.05) is 36.4 Å². The summed E-state index contributed by atoms with van der Waals surface area (Å²) in [5.41, 5.74) is 7.21. The summed E-state index contributed by atoms with van der Waals surface area (Å²) in [4.78, 5) is 15.6. The van der Waals surface area contributed by atoms with E-state index in [0.717, 1.165) is 73.0 Å². The number of piperidine rings is 1. The molecule has 6 rings (SSSR count). The van der Waals surface area contributed by atoms with Crippen LogP contribution in [-0.4, -0.2) is 33.9 Å². The third kappa shape index (κ3) is 3.40. The number of anilines is 1. The van der Waals surface area contributed by atoms with Crippen LogP contribution < -0.4 is 15.2 Å². The standard InChI is InChI=1S/C28H30N4O2/c1-19-17-25(33)32-28(31(19)20(2)22-11-12-24-23(18-22)13-16-34-24)27(30-14-7-4-8-15-30)26(29-32)21-9-5-3-6-10-21/h3,5-6,9-12,17-18,20H,4,7-8,13-16H2,1-2H3. The van der Waals surface area contributed by atoms with Crippen LogP contribution >= 0.6 is 0 Å². The average Bonchev–Trinajstić information content (AvgIpc) is 3.50. The molecule has 0 spiro atoms. The van der Waals surface area contributed by atoms with E-state index in [4.69, 9.17) is 9.84 Å². The molecule has 2 aliphatic rings. The molecule has 0 N–H and O–H groups in total. The van der Waals surface area contributed by atoms with Crippen LogP contribution in [0.25, 0.3) is 16.9 Å². The smallest absolute Gasteiger partial charge is 0.274 e. The van der Waals surface area contributed by atoms with Gasteiger partial charge in [0.25, 0.3) is 5.56 Å². The van der Waals surface area contributed by atoms with Gasteiger partial charge in [-0.2, -0.15) is 9.61 Å². The van der Waals surface area contributed by atoms with Crippen molar-refractivity contribution in [1.29, 1.82) is 0 Å². The maximum Gasteiger partial charge on any atom is 0.274 e. The lowest BCUT2D eigenvalue weighted by Gasteiger charge is -2.30. The van der Waals surface area contributed by atoms with E-state index < -0.39 is 0 Å². The Labute approximate surface area is 199 Å². The van der Waals surface area contributed by atoms with E-state index >= 15 is 0 Å². The lowest BCUT2D eigenvalue weighted by Crippen LogP contribution is -2.31. The SMILES string of the molecule is Cc1cc(=O)n2nc(-c3ccccc3)c(N3CCCCC3)c2n1C(C)c1ccc2c(c1)CCO2. The summed E-state index contributed by atoms with van der Waals surface area (Å²) >= 11 is 0. The van der Waals surface area contributed by atoms with Crippen molar-refractivity contribution in [2.45, 2.75) is 45.6 Å². The predicted octanol–water partition coefficient (Wildman–Crippen LogP) is 5.01. The van der Waals surface area contributed by atoms with Crippen LogP contribution in [0.1, 0.15) is 49.0 Å². The summed E-state index contributed by atoms with van der Waals surface area (Å²) in [6, 6.07) is 18.5. The number of nitrogens with zero attached hydrogens (tertiary/aromatic N) is 4. The van der Waals surface area contributed by atoms with E-state index in [-0.39, 0.29) is 11.6 Å². The van der Waals surface area contributed by atoms with Crippen LogP contribution in [0.2, 0.25) is 0 Å². The highest BCUT2D eigenvalue weighted by Gasteiger charge is 2.27. The molecule has 1 unspecified atom stereocenters. The van der Waals surface area contributed by atoms with Crippen molar-refractivity contribution in [3.8, 4) is 17.0 Å². The molecular formula is C28H30N4O2. The van der Waals surface area contributed by atoms with Gasteiger partial charge in [-0.3, -0.25) is 4.79 Å². The summed E-state index contributed by atoms with van der Waals surface area (Å²) in [5.74, 6) is 0.988. The Hall–Kier alpha value is -3.54. The van der Waals surface area contributed by atoms with E-state index in [2.05, 4.69) is 46.7 Å². The summed E-state index contributed by atoms with van der Waals surface area (Å²) in [7, 11) is 0. The number of rotatable bonds is 4. The third-order valence-corrected chi connectivity index (χ3v) is 7.29. The molecule has 1 atom stereocenters. The van der Waals surface area contributed by atoms with Crippen molar-refractivity contribution in [2.75, 3.05) is 24.6 Å². The molecule has 1 fully saturated rings. The molecule has 0 radical (unpaired) electrons. The number of benzene rings is 2. The molecule has 0 amide bonds. The van der Waals surface area contributed by atoms with Crippen molar-refractivity contribution < 1.29 is 4.74 Å². The lowest BCUT2D eigenvalue weighted by atomic mass is 10.0. The van der Waals surface area contributed by atoms with E-state index in [1.165, 1.54) is 17.5 Å². The van der Waals surface area contributed by atoms with E-state index in [9.17, 15) is 4.79 Å². The van der Waals surface area contributed by atoms with Crippen LogP contribution in [0.4, 0.5) is 5.69 Å². The van der Waals surface area contributed by atoms with Crippen molar-refractivity contribution in [3.05, 3.63) is 81.8 Å². The summed E-state index contributed by atoms with van der Waals surface area (Å²) in [5, 5.41) is 4.91. The molecule has 0 saturated carbocycles. The minimum absolute atomic E-state index is 0.0397. The number of hydrogen-bond acceptors (Lipinski definition) is 4. The predicted molar refractivity (Wildman–Crippen MR) is 135 cm³/mol. The minimum atomic E-state index is -0.0845. The molecule has 0 aliphatic carbocycles. The van der Waals surface area contributed by atoms with Crippen LogP contribution in [0.15, 0.2) is 59.4 Å². The van der Waals surface area contributed by atoms with Gasteiger partial charge in [0, 0.05) is 36.8 Å². The molecule has 4 aromatic rings. The van der Waals surface area contributed by atoms with Gasteiger partial charge in [-0.05, 0) is 56.4 Å². The van der Waals surface area contributed by atoms with Gasteiger partial charge < -0.3 is 14.2 Å². The minimum Gasteiger partial charge on any atom is -0.493 e. The molecule has 2 aromatic heterocycles. The fourth-order valence-corrected chi connectivity index (χ4v) is 5.55. The summed E-state index contributed by atoms with van der Waals surface area (Å²) < 4.78 is 9.64. The van der Waals surface area contributed by atoms with Gasteiger partial charge in [-0.25, -0.2) is 0 Å². The van der Waals surface area contributed by atoms with Crippen LogP contribution in [0, 0.1) is 6.92 Å². The molecule has 6 nitrogen and oxygen atoms in total. The highest BCUT2D eigenvalue weighted by molar-refractivity contribution is 5.86. The van der Waals surface area contributed by atoms with E-state index in [1.807, 2.05) is 25.1 Å². The average molecular weight is 455 g/mol. The van der Waals surface area contributed by atoms with Gasteiger partial charge in [0.05, 0.1) is 12.6 Å². The van der Waals surface area contributed by atoms with Gasteiger partial charge in [0.15, 0.2) is 5.65 Å². The van der Waals surface area contributed by atoms with Gasteiger partial charge in [-0.15, -0.1) is 0 Å². The summed E-state index contributed by atoms with van der Waals surface area (Å²) in [6.07, 6.45) is 4.50. The number of ether oxygens (including phenoxy) is 1. The zero-order valence-electron chi connectivity index (χ0n) is 19.8. The first-order valence-corrected chi connectivity index (χ1v) is 12.3. The first kappa shape index (κ1) is 21.0. The van der Waals surface area contributed by atoms with E-state index in [1.54, 1.807) is 10.6 Å². The summed E-state index contributed by atoms with van der Waals surface area (Å²) in [6.45, 7) is 6.95. The van der Waals surface area contributed by atoms with Crippen molar-refractivity contribution in [2.24, 2.45) is 0 Å². The number of aryl methyl sites for hydroxylation is 1. The Kier molecular flexibility index (Phi) is 5.16. The van der Waals surface area contributed by atoms with Crippen LogP contribution in [-0.2, 0) is 6.42 Å². The van der Waals surface area contributed by atoms with Crippen molar-refractivity contribution in [3.63, 3.8) is 0 Å². The highest BCUT2D eigenvalue weighted by atomic mass is 16.5. The zero-order chi connectivity index (χ0) is 23.2. The monoisotopic (exact) mass is 454 g/mol. The van der Waals surface area contributed by atoms with Crippen molar-refractivity contribution >= 4 is 11.3 Å². The molecule has 2 aliphatic heterocycles. The third-order valence-electron chi connectivity index (χ3n) is 7.29. The van der Waals surface area contributed by atoms with E-state index in [0.29, 0.717) is 0 Å². The Balaban J connectivity index is 1.61. The molecule has 34 heavy (non-hydrogen) atoms. The Morgan fingerprint density at radius 3 is 2.59 bits per heavy atom. The largest absolute Gasteiger partial charge is 0.493 e. The topological polar surface area (TPSA) is 51.8 Å². The highest BCUT2D eigenvalue weighted by Crippen LogP contribution is 2.38. The van der Waals surface area contributed by atoms with Crippen LogP contribution in [0.5, 0.6) is 5.75 Å². The Morgan fingerprint density at radius 1 is 1.00 bits per heavy atom. The van der Waals surface area contributed by atoms with Gasteiger partial charge in [0.1, 0.15) is 17.1 Å². The lowest BCUT2D eigenvalue weighted by molar-refractivity contribution is 0.357. The first-order chi connectivity index (χ1) is 16.6. The fraction of sp³-hybridized carbons (Fsp3) is 0.357. The number of fused-ring (bicyclic) bond motifs is 2. The Bertz CT molecular complexity index is 1410. The normalized spacial score (nSPS) is 16.5. The number of hydrogen-bond donors (Lipinski definition) is 0. The quantitative estimate of drug-likeness (QED) is 0.435. The maximum absolute atomic E-state index is 13.2. The Morgan fingerprint density at radius 2 is 1.79 bits per heavy atom. The first-order valence-electron chi connectivity index (χ1n) is 12.3. The molecule has 2 aromatic carbocycles. The molecular weight excluding hydrogens is 424 g/mol. The molecule has 0 bridgehead atoms. The maximum atomic E-state index is 13.2. The fourth-order valence-electron chi connectivity index (χ4n) is 5.55. The van der Waals surface area contributed by atoms with Crippen LogP contribution in [0.3, 0.4) is 0 Å². The van der Waals surface area contributed by atoms with Crippen molar-refractivity contribution in [1.82, 2.24) is 14.2 Å². The van der Waals surface area contributed by atoms with Gasteiger partial charge in [0.2, 0.25) is 0 Å². The zero-order valence-corrected chi connectivity index (χ0v) is 19.8.